The van der Waals surface area contributed by atoms with Crippen LogP contribution in [0, 0.1) is 17.3 Å². The minimum atomic E-state index is -1.81. The topological polar surface area (TPSA) is 69.9 Å². The van der Waals surface area contributed by atoms with E-state index in [-0.39, 0.29) is 18.1 Å². The van der Waals surface area contributed by atoms with Gasteiger partial charge in [0.25, 0.3) is 0 Å². The van der Waals surface area contributed by atoms with E-state index < -0.39 is 5.79 Å². The Bertz CT molecular complexity index is 650. The number of aliphatic hydroxyl groups is 3. The van der Waals surface area contributed by atoms with Gasteiger partial charge in [0, 0.05) is 0 Å². The monoisotopic (exact) mass is 346 g/mol. The first-order valence-electron chi connectivity index (χ1n) is 9.66. The van der Waals surface area contributed by atoms with Crippen molar-refractivity contribution < 1.29 is 20.1 Å². The fraction of sp³-hybridized carbons (Fsp3) is 0.714. The Hall–Kier alpha value is -1.10. The maximum absolute atomic E-state index is 10.5. The summed E-state index contributed by atoms with van der Waals surface area (Å²) in [6.07, 6.45) is 6.52. The SMILES string of the molecule is CC(O)(O)COc1ccc2c(c1)CCC1C2CCC2(C)C(O)CCC12. The largest absolute Gasteiger partial charge is 0.488 e. The number of aryl methyl sites for hydroxylation is 1. The number of benzene rings is 1. The molecule has 0 amide bonds. The summed E-state index contributed by atoms with van der Waals surface area (Å²) in [5.41, 5.74) is 2.91. The van der Waals surface area contributed by atoms with Crippen LogP contribution in [0.5, 0.6) is 5.75 Å². The summed E-state index contributed by atoms with van der Waals surface area (Å²) >= 11 is 0. The zero-order chi connectivity index (χ0) is 17.8. The van der Waals surface area contributed by atoms with E-state index in [9.17, 15) is 15.3 Å². The molecule has 3 aliphatic carbocycles. The van der Waals surface area contributed by atoms with Crippen LogP contribution in [0.25, 0.3) is 0 Å². The van der Waals surface area contributed by atoms with Gasteiger partial charge in [0.1, 0.15) is 12.4 Å². The Morgan fingerprint density at radius 3 is 2.76 bits per heavy atom. The van der Waals surface area contributed by atoms with Crippen LogP contribution < -0.4 is 4.74 Å². The second kappa shape index (κ2) is 5.97. The molecule has 138 valence electrons. The Balaban J connectivity index is 1.55. The van der Waals surface area contributed by atoms with Gasteiger partial charge in [-0.2, -0.15) is 0 Å². The molecule has 0 spiro atoms. The van der Waals surface area contributed by atoms with E-state index in [1.165, 1.54) is 30.9 Å². The van der Waals surface area contributed by atoms with Crippen molar-refractivity contribution in [3.8, 4) is 5.75 Å². The first kappa shape index (κ1) is 17.3. The van der Waals surface area contributed by atoms with Crippen molar-refractivity contribution in [2.45, 2.75) is 70.2 Å². The molecule has 0 heterocycles. The second-order valence-electron chi connectivity index (χ2n) is 8.92. The van der Waals surface area contributed by atoms with Crippen molar-refractivity contribution >= 4 is 0 Å². The molecule has 0 aromatic heterocycles. The van der Waals surface area contributed by atoms with Gasteiger partial charge in [-0.3, -0.25) is 0 Å². The molecule has 0 saturated heterocycles. The van der Waals surface area contributed by atoms with Gasteiger partial charge in [0.15, 0.2) is 5.79 Å². The number of hydrogen-bond donors (Lipinski definition) is 3. The molecule has 2 fully saturated rings. The predicted octanol–water partition coefficient (Wildman–Crippen LogP) is 2.98. The first-order chi connectivity index (χ1) is 11.8. The van der Waals surface area contributed by atoms with Crippen molar-refractivity contribution in [1.29, 1.82) is 0 Å². The minimum absolute atomic E-state index is 0.119. The van der Waals surface area contributed by atoms with Crippen molar-refractivity contribution in [3.63, 3.8) is 0 Å². The molecule has 1 aromatic rings. The summed E-state index contributed by atoms with van der Waals surface area (Å²) in [6.45, 7) is 3.50. The van der Waals surface area contributed by atoms with E-state index in [1.807, 2.05) is 6.07 Å². The molecule has 25 heavy (non-hydrogen) atoms. The lowest BCUT2D eigenvalue weighted by Crippen LogP contribution is -2.43. The van der Waals surface area contributed by atoms with E-state index in [1.54, 1.807) is 0 Å². The molecule has 3 aliphatic rings. The molecule has 4 rings (SSSR count). The summed E-state index contributed by atoms with van der Waals surface area (Å²) in [5, 5.41) is 29.3. The van der Waals surface area contributed by atoms with Crippen LogP contribution in [0.4, 0.5) is 0 Å². The molecule has 4 heteroatoms. The third-order valence-electron chi connectivity index (χ3n) is 7.16. The van der Waals surface area contributed by atoms with Gasteiger partial charge in [-0.05, 0) is 91.9 Å². The molecular formula is C21H30O4. The van der Waals surface area contributed by atoms with Gasteiger partial charge < -0.3 is 20.1 Å². The summed E-state index contributed by atoms with van der Waals surface area (Å²) in [6, 6.07) is 6.22. The van der Waals surface area contributed by atoms with Crippen LogP contribution >= 0.6 is 0 Å². The van der Waals surface area contributed by atoms with E-state index in [0.29, 0.717) is 23.5 Å². The zero-order valence-electron chi connectivity index (χ0n) is 15.2. The summed E-state index contributed by atoms with van der Waals surface area (Å²) in [5.74, 6) is 0.840. The predicted molar refractivity (Wildman–Crippen MR) is 95.4 cm³/mol. The van der Waals surface area contributed by atoms with E-state index in [2.05, 4.69) is 19.1 Å². The molecule has 5 atom stereocenters. The molecule has 2 saturated carbocycles. The summed E-state index contributed by atoms with van der Waals surface area (Å²) in [7, 11) is 0. The lowest BCUT2D eigenvalue weighted by Gasteiger charge is -2.50. The number of fused-ring (bicyclic) bond motifs is 5. The fourth-order valence-corrected chi connectivity index (χ4v) is 5.84. The molecule has 5 unspecified atom stereocenters. The highest BCUT2D eigenvalue weighted by atomic mass is 16.6. The zero-order valence-corrected chi connectivity index (χ0v) is 15.2. The molecule has 1 aromatic carbocycles. The normalized spacial score (nSPS) is 37.2. The fourth-order valence-electron chi connectivity index (χ4n) is 5.84. The van der Waals surface area contributed by atoms with E-state index in [4.69, 9.17) is 4.74 Å². The molecule has 0 radical (unpaired) electrons. The lowest BCUT2D eigenvalue weighted by molar-refractivity contribution is -0.165. The molecule has 3 N–H and O–H groups in total. The third kappa shape index (κ3) is 2.98. The van der Waals surface area contributed by atoms with Crippen LogP contribution in [0.1, 0.15) is 63.0 Å². The van der Waals surface area contributed by atoms with Gasteiger partial charge in [-0.15, -0.1) is 0 Å². The molecule has 4 nitrogen and oxygen atoms in total. The average molecular weight is 346 g/mol. The molecular weight excluding hydrogens is 316 g/mol. The van der Waals surface area contributed by atoms with Gasteiger partial charge in [0.05, 0.1) is 6.10 Å². The lowest BCUT2D eigenvalue weighted by atomic mass is 9.55. The van der Waals surface area contributed by atoms with Gasteiger partial charge in [0.2, 0.25) is 0 Å². The van der Waals surface area contributed by atoms with Crippen molar-refractivity contribution in [2.24, 2.45) is 17.3 Å². The minimum Gasteiger partial charge on any atom is -0.488 e. The number of rotatable bonds is 3. The highest BCUT2D eigenvalue weighted by Crippen LogP contribution is 2.60. The molecule has 0 aliphatic heterocycles. The van der Waals surface area contributed by atoms with Gasteiger partial charge >= 0.3 is 0 Å². The van der Waals surface area contributed by atoms with Crippen LogP contribution in [-0.4, -0.2) is 33.8 Å². The first-order valence-corrected chi connectivity index (χ1v) is 9.66. The number of hydrogen-bond acceptors (Lipinski definition) is 4. The maximum Gasteiger partial charge on any atom is 0.194 e. The van der Waals surface area contributed by atoms with E-state index >= 15 is 0 Å². The van der Waals surface area contributed by atoms with Crippen LogP contribution in [0.2, 0.25) is 0 Å². The third-order valence-corrected chi connectivity index (χ3v) is 7.16. The highest BCUT2D eigenvalue weighted by Gasteiger charge is 2.54. The van der Waals surface area contributed by atoms with Crippen molar-refractivity contribution in [2.75, 3.05) is 6.61 Å². The van der Waals surface area contributed by atoms with Gasteiger partial charge in [-0.1, -0.05) is 13.0 Å². The average Bonchev–Trinajstić information content (AvgIpc) is 2.87. The Labute approximate surface area is 149 Å². The quantitative estimate of drug-likeness (QED) is 0.736. The van der Waals surface area contributed by atoms with Crippen LogP contribution in [0.3, 0.4) is 0 Å². The van der Waals surface area contributed by atoms with Crippen LogP contribution in [0.15, 0.2) is 18.2 Å². The second-order valence-corrected chi connectivity index (χ2v) is 8.92. The number of aliphatic hydroxyl groups excluding tert-OH is 1. The number of ether oxygens (including phenoxy) is 1. The summed E-state index contributed by atoms with van der Waals surface area (Å²) < 4.78 is 5.54. The molecule has 0 bridgehead atoms. The Morgan fingerprint density at radius 2 is 2.00 bits per heavy atom. The Kier molecular flexibility index (Phi) is 4.13. The van der Waals surface area contributed by atoms with Crippen molar-refractivity contribution in [1.82, 2.24) is 0 Å². The van der Waals surface area contributed by atoms with E-state index in [0.717, 1.165) is 25.7 Å². The Morgan fingerprint density at radius 1 is 1.20 bits per heavy atom. The standard InChI is InChI=1S/C21H30O4/c1-20-10-9-16-15-6-4-14(25-12-21(2,23)24)11-13(15)3-5-17(16)18(20)7-8-19(20)22/h4,6,11,16-19,22-24H,3,5,7-10,12H2,1-2H3. The highest BCUT2D eigenvalue weighted by molar-refractivity contribution is 5.40. The van der Waals surface area contributed by atoms with Crippen molar-refractivity contribution in [3.05, 3.63) is 29.3 Å². The smallest absolute Gasteiger partial charge is 0.194 e. The van der Waals surface area contributed by atoms with Gasteiger partial charge in [-0.25, -0.2) is 0 Å². The van der Waals surface area contributed by atoms with Crippen LogP contribution in [-0.2, 0) is 6.42 Å². The maximum atomic E-state index is 10.5. The summed E-state index contributed by atoms with van der Waals surface area (Å²) in [4.78, 5) is 0.